The van der Waals surface area contributed by atoms with Crippen LogP contribution in [0.25, 0.3) is 21.5 Å². The number of nitro benzene ring substituents is 1. The third kappa shape index (κ3) is 7.81. The summed E-state index contributed by atoms with van der Waals surface area (Å²) in [6.07, 6.45) is 3.12. The van der Waals surface area contributed by atoms with E-state index in [-0.39, 0.29) is 50.6 Å². The number of carboxylic acid groups (broad SMARTS) is 1. The van der Waals surface area contributed by atoms with Crippen LogP contribution in [0.4, 0.5) is 16.2 Å². The number of methoxy groups -OCH3 is 1. The van der Waals surface area contributed by atoms with Crippen molar-refractivity contribution in [2.45, 2.75) is 61.6 Å². The molecule has 18 heteroatoms. The van der Waals surface area contributed by atoms with E-state index in [4.69, 9.17) is 4.74 Å². The Morgan fingerprint density at radius 1 is 1.09 bits per heavy atom. The van der Waals surface area contributed by atoms with E-state index in [1.54, 1.807) is 24.5 Å². The van der Waals surface area contributed by atoms with Gasteiger partial charge in [-0.3, -0.25) is 19.2 Å². The van der Waals surface area contributed by atoms with Crippen molar-refractivity contribution in [2.75, 3.05) is 44.2 Å². The van der Waals surface area contributed by atoms with Crippen molar-refractivity contribution in [1.29, 1.82) is 0 Å². The summed E-state index contributed by atoms with van der Waals surface area (Å²) in [5, 5.41) is 34.7. The molecule has 2 amide bonds. The number of ether oxygens (including phenoxy) is 1. The average Bonchev–Trinajstić information content (AvgIpc) is 3.81. The lowest BCUT2D eigenvalue weighted by Gasteiger charge is -2.41. The molecule has 3 heterocycles. The quantitative estimate of drug-likeness (QED) is 0.111. The number of benzene rings is 3. The molecule has 1 saturated heterocycles. The molecule has 2 fully saturated rings. The van der Waals surface area contributed by atoms with E-state index in [0.717, 1.165) is 32.9 Å². The Labute approximate surface area is 333 Å². The van der Waals surface area contributed by atoms with Crippen LogP contribution in [0.2, 0.25) is 0 Å². The zero-order valence-electron chi connectivity index (χ0n) is 31.4. The first-order chi connectivity index (χ1) is 27.3. The molecule has 0 unspecified atom stereocenters. The maximum atomic E-state index is 14.8. The molecule has 1 aliphatic heterocycles. The summed E-state index contributed by atoms with van der Waals surface area (Å²) in [7, 11) is -3.06. The largest absolute Gasteiger partial charge is 0.465 e. The van der Waals surface area contributed by atoms with E-state index < -0.39 is 55.2 Å². The van der Waals surface area contributed by atoms with E-state index in [1.807, 2.05) is 41.8 Å². The molecule has 1 saturated carbocycles. The molecule has 1 aliphatic carbocycles. The fourth-order valence-electron chi connectivity index (χ4n) is 8.12. The normalized spacial score (nSPS) is 20.1. The van der Waals surface area contributed by atoms with Gasteiger partial charge in [-0.15, -0.1) is 11.3 Å². The van der Waals surface area contributed by atoms with Crippen LogP contribution in [-0.4, -0.2) is 111 Å². The number of para-hydroxylation sites is 1. The van der Waals surface area contributed by atoms with Crippen LogP contribution < -0.4 is 4.31 Å². The molecule has 0 radical (unpaired) electrons. The summed E-state index contributed by atoms with van der Waals surface area (Å²) in [5.41, 5.74) is 0.233. The summed E-state index contributed by atoms with van der Waals surface area (Å²) >= 11 is 1.43. The van der Waals surface area contributed by atoms with Crippen molar-refractivity contribution in [1.82, 2.24) is 24.3 Å². The molecule has 57 heavy (non-hydrogen) atoms. The van der Waals surface area contributed by atoms with E-state index in [0.29, 0.717) is 29.6 Å². The fraction of sp³-hybridized carbons (Fsp3) is 0.385. The maximum Gasteiger partial charge on any atom is 0.407 e. The number of hydrogen-bond donors (Lipinski definition) is 2. The number of sulfonamides is 1. The minimum Gasteiger partial charge on any atom is -0.465 e. The Morgan fingerprint density at radius 2 is 1.84 bits per heavy atom. The topological polar surface area (TPSA) is 202 Å². The van der Waals surface area contributed by atoms with E-state index >= 15 is 0 Å². The van der Waals surface area contributed by atoms with Gasteiger partial charge in [-0.2, -0.15) is 0 Å². The minimum absolute atomic E-state index is 0.00506. The molecule has 2 N–H and O–H groups in total. The predicted molar refractivity (Wildman–Crippen MR) is 213 cm³/mol. The highest BCUT2D eigenvalue weighted by Crippen LogP contribution is 2.41. The Kier molecular flexibility index (Phi) is 11.3. The highest BCUT2D eigenvalue weighted by Gasteiger charge is 2.43. The van der Waals surface area contributed by atoms with Crippen molar-refractivity contribution in [3.05, 3.63) is 99.9 Å². The number of anilines is 1. The molecule has 300 valence electrons. The number of imidazole rings is 1. The first kappa shape index (κ1) is 39.8. The number of piperazine rings is 1. The second kappa shape index (κ2) is 16.2. The molecule has 16 nitrogen and oxygen atoms in total. The van der Waals surface area contributed by atoms with Gasteiger partial charge in [-0.1, -0.05) is 55.3 Å². The number of rotatable bonds is 12. The highest BCUT2D eigenvalue weighted by molar-refractivity contribution is 7.93. The summed E-state index contributed by atoms with van der Waals surface area (Å²) in [5.74, 6) is -0.485. The number of hydrogen-bond acceptors (Lipinski definition) is 11. The second-order valence-corrected chi connectivity index (χ2v) is 17.4. The first-order valence-corrected chi connectivity index (χ1v) is 20.8. The van der Waals surface area contributed by atoms with Crippen molar-refractivity contribution in [2.24, 2.45) is 0 Å². The van der Waals surface area contributed by atoms with Crippen LogP contribution in [0.1, 0.15) is 53.6 Å². The van der Waals surface area contributed by atoms with Gasteiger partial charge in [0.2, 0.25) is 0 Å². The molecule has 0 spiro atoms. The monoisotopic (exact) mass is 817 g/mol. The molecule has 7 rings (SSSR count). The van der Waals surface area contributed by atoms with E-state index in [9.17, 15) is 38.3 Å². The number of carbonyl (C=O) groups excluding carboxylic acids is 1. The van der Waals surface area contributed by atoms with Gasteiger partial charge in [0.25, 0.3) is 21.6 Å². The molecular formula is C39H43N7O9S2. The van der Waals surface area contributed by atoms with Crippen molar-refractivity contribution >= 4 is 55.0 Å². The summed E-state index contributed by atoms with van der Waals surface area (Å²) in [6, 6.07) is 18.0. The highest BCUT2D eigenvalue weighted by atomic mass is 32.2. The number of aromatic nitrogens is 3. The Morgan fingerprint density at radius 3 is 2.58 bits per heavy atom. The average molecular weight is 818 g/mol. The van der Waals surface area contributed by atoms with E-state index in [1.165, 1.54) is 46.4 Å². The third-order valence-electron chi connectivity index (χ3n) is 10.8. The van der Waals surface area contributed by atoms with Crippen LogP contribution >= 0.6 is 11.3 Å². The number of aryl methyl sites for hydroxylation is 1. The molecule has 0 bridgehead atoms. The summed E-state index contributed by atoms with van der Waals surface area (Å²) in [6.45, 7) is 1.53. The molecule has 3 aromatic carbocycles. The number of thiazole rings is 1. The van der Waals surface area contributed by atoms with Crippen LogP contribution in [0, 0.1) is 17.0 Å². The first-order valence-electron chi connectivity index (χ1n) is 18.6. The number of fused-ring (bicyclic) bond motifs is 1. The van der Waals surface area contributed by atoms with Gasteiger partial charge in [0.1, 0.15) is 5.60 Å². The lowest BCUT2D eigenvalue weighted by atomic mass is 9.80. The summed E-state index contributed by atoms with van der Waals surface area (Å²) < 4.78 is 38.2. The van der Waals surface area contributed by atoms with Crippen molar-refractivity contribution in [3.63, 3.8) is 0 Å². The minimum atomic E-state index is -4.60. The molecule has 5 aromatic rings. The van der Waals surface area contributed by atoms with Gasteiger partial charge >= 0.3 is 6.09 Å². The fourth-order valence-corrected chi connectivity index (χ4v) is 10.6. The Hall–Kier alpha value is -5.43. The van der Waals surface area contributed by atoms with Crippen LogP contribution in [0.3, 0.4) is 0 Å². The van der Waals surface area contributed by atoms with Gasteiger partial charge in [-0.25, -0.2) is 23.2 Å². The van der Waals surface area contributed by atoms with Gasteiger partial charge in [0, 0.05) is 44.9 Å². The number of amides is 2. The molecular weight excluding hydrogens is 775 g/mol. The zero-order chi connectivity index (χ0) is 40.5. The Balaban J connectivity index is 1.28. The van der Waals surface area contributed by atoms with Crippen LogP contribution in [0.15, 0.2) is 84.0 Å². The number of nitro groups is 1. The molecule has 2 aliphatic rings. The van der Waals surface area contributed by atoms with Crippen molar-refractivity contribution in [3.8, 4) is 11.3 Å². The maximum absolute atomic E-state index is 14.8. The zero-order valence-corrected chi connectivity index (χ0v) is 33.1. The predicted octanol–water partition coefficient (Wildman–Crippen LogP) is 5.96. The molecule has 3 atom stereocenters. The van der Waals surface area contributed by atoms with Crippen LogP contribution in [-0.2, 0) is 14.8 Å². The second-order valence-electron chi connectivity index (χ2n) is 14.4. The van der Waals surface area contributed by atoms with Gasteiger partial charge < -0.3 is 29.3 Å². The van der Waals surface area contributed by atoms with E-state index in [2.05, 4.69) is 9.97 Å². The SMILES string of the molecule is COC[C@]1(O)CCCC[C@H]1n1cnc(C(=O)N2CCN(C(=O)O)C[C@H]2CCN(c2ccc3sc(C)nc3c2)S(=O)(=O)c2ccccc2[N+](=O)[O-])c1-c1ccccc1. The van der Waals surface area contributed by atoms with Crippen molar-refractivity contribution < 1.29 is 37.9 Å². The number of carbonyl (C=O) groups is 2. The standard InChI is InChI=1S/C39H43N7O9S2/c1-26-41-30-22-28(15-16-32(30)56-26)45(57(53,54)33-13-7-6-12-31(33)46(51)52)19-17-29-23-42(38(48)49)20-21-43(29)37(47)35-36(27-10-4-3-5-11-27)44(25-40-35)34-14-8-9-18-39(34,50)24-55-2/h3-7,10-13,15-16,22,25,29,34,50H,8-9,14,17-21,23-24H2,1-2H3,(H,48,49)/t29-,34-,39-/m1/s1. The van der Waals surface area contributed by atoms with Gasteiger partial charge in [0.05, 0.1) is 56.5 Å². The van der Waals surface area contributed by atoms with Crippen LogP contribution in [0.5, 0.6) is 0 Å². The smallest absolute Gasteiger partial charge is 0.407 e. The Bertz CT molecular complexity index is 2400. The number of aliphatic hydroxyl groups is 1. The third-order valence-corrected chi connectivity index (χ3v) is 13.6. The number of nitrogens with zero attached hydrogens (tertiary/aromatic N) is 7. The lowest BCUT2D eigenvalue weighted by Crippen LogP contribution is -2.57. The lowest BCUT2D eigenvalue weighted by molar-refractivity contribution is -0.387. The molecule has 2 aromatic heterocycles. The summed E-state index contributed by atoms with van der Waals surface area (Å²) in [4.78, 5) is 49.8. The van der Waals surface area contributed by atoms with Gasteiger partial charge in [0.15, 0.2) is 10.6 Å². The van der Waals surface area contributed by atoms with Gasteiger partial charge in [-0.05, 0) is 50.5 Å².